The van der Waals surface area contributed by atoms with Gasteiger partial charge in [-0.2, -0.15) is 0 Å². The van der Waals surface area contributed by atoms with Gasteiger partial charge in [-0.25, -0.2) is 12.7 Å². The van der Waals surface area contributed by atoms with Gasteiger partial charge in [0, 0.05) is 19.0 Å². The summed E-state index contributed by atoms with van der Waals surface area (Å²) in [5, 5.41) is 3.82. The molecule has 2 aromatic carbocycles. The van der Waals surface area contributed by atoms with Crippen molar-refractivity contribution < 1.29 is 13.2 Å². The lowest BCUT2D eigenvalue weighted by atomic mass is 9.86. The summed E-state index contributed by atoms with van der Waals surface area (Å²) >= 11 is 11.9. The van der Waals surface area contributed by atoms with Crippen LogP contribution < -0.4 is 5.32 Å². The van der Waals surface area contributed by atoms with E-state index >= 15 is 0 Å². The molecule has 5 nitrogen and oxygen atoms in total. The summed E-state index contributed by atoms with van der Waals surface area (Å²) in [5.41, 5.74) is 2.98. The van der Waals surface area contributed by atoms with Gasteiger partial charge < -0.3 is 5.32 Å². The molecule has 0 aliphatic carbocycles. The predicted octanol–water partition coefficient (Wildman–Crippen LogP) is 5.71. The fourth-order valence-corrected chi connectivity index (χ4v) is 5.89. The molecule has 1 heterocycles. The number of amides is 1. The minimum atomic E-state index is -3.50. The van der Waals surface area contributed by atoms with Crippen LogP contribution in [0.2, 0.25) is 10.0 Å². The van der Waals surface area contributed by atoms with Gasteiger partial charge in [0.1, 0.15) is 0 Å². The third kappa shape index (κ3) is 6.72. The molecule has 8 heteroatoms. The lowest BCUT2D eigenvalue weighted by Gasteiger charge is -2.31. The zero-order valence-corrected chi connectivity index (χ0v) is 21.9. The molecule has 33 heavy (non-hydrogen) atoms. The maximum atomic E-state index is 12.8. The van der Waals surface area contributed by atoms with Crippen molar-refractivity contribution in [2.24, 2.45) is 5.92 Å². The Hall–Kier alpha value is -1.60. The maximum absolute atomic E-state index is 12.8. The second kappa shape index (κ2) is 10.3. The average Bonchev–Trinajstić information content (AvgIpc) is 2.75. The van der Waals surface area contributed by atoms with Gasteiger partial charge in [0.15, 0.2) is 0 Å². The number of nitrogens with one attached hydrogen (secondary N) is 1. The Morgan fingerprint density at radius 3 is 2.21 bits per heavy atom. The van der Waals surface area contributed by atoms with E-state index in [9.17, 15) is 13.2 Å². The normalized spacial score (nSPS) is 17.0. The van der Waals surface area contributed by atoms with Crippen LogP contribution in [-0.4, -0.2) is 31.7 Å². The summed E-state index contributed by atoms with van der Waals surface area (Å²) in [4.78, 5) is 12.8. The third-order valence-electron chi connectivity index (χ3n) is 6.19. The zero-order valence-electron chi connectivity index (χ0n) is 19.6. The number of hydrogen-bond donors (Lipinski definition) is 1. The lowest BCUT2D eigenvalue weighted by Crippen LogP contribution is -2.43. The molecular weight excluding hydrogens is 479 g/mol. The lowest BCUT2D eigenvalue weighted by molar-refractivity contribution is -0.126. The number of halogens is 2. The Labute approximate surface area is 207 Å². The van der Waals surface area contributed by atoms with Crippen molar-refractivity contribution in [2.45, 2.75) is 57.7 Å². The van der Waals surface area contributed by atoms with Crippen LogP contribution in [-0.2, 0) is 26.0 Å². The number of carbonyl (C=O) groups excluding carboxylic acids is 1. The van der Waals surface area contributed by atoms with Crippen LogP contribution in [0.15, 0.2) is 42.5 Å². The summed E-state index contributed by atoms with van der Waals surface area (Å²) < 4.78 is 27.1. The minimum Gasteiger partial charge on any atom is -0.349 e. The van der Waals surface area contributed by atoms with E-state index in [1.54, 1.807) is 18.2 Å². The topological polar surface area (TPSA) is 66.5 Å². The van der Waals surface area contributed by atoms with Crippen molar-refractivity contribution in [3.05, 3.63) is 69.2 Å². The largest absolute Gasteiger partial charge is 0.349 e. The Bertz CT molecular complexity index is 1090. The fourth-order valence-electron chi connectivity index (χ4n) is 4.01. The Morgan fingerprint density at radius 2 is 1.67 bits per heavy atom. The van der Waals surface area contributed by atoms with Crippen molar-refractivity contribution in [2.75, 3.05) is 13.1 Å². The number of rotatable bonds is 6. The van der Waals surface area contributed by atoms with Gasteiger partial charge in [0.25, 0.3) is 0 Å². The van der Waals surface area contributed by atoms with E-state index in [1.807, 2.05) is 6.92 Å². The molecule has 0 saturated carbocycles. The number of piperidine rings is 1. The van der Waals surface area contributed by atoms with Crippen LogP contribution in [0.4, 0.5) is 0 Å². The number of hydrogen-bond acceptors (Lipinski definition) is 3. The summed E-state index contributed by atoms with van der Waals surface area (Å²) in [6.45, 7) is 9.15. The molecule has 3 rings (SSSR count). The molecule has 0 spiro atoms. The van der Waals surface area contributed by atoms with Crippen LogP contribution in [0.5, 0.6) is 0 Å². The van der Waals surface area contributed by atoms with Crippen molar-refractivity contribution >= 4 is 39.1 Å². The Morgan fingerprint density at radius 1 is 1.06 bits per heavy atom. The van der Waals surface area contributed by atoms with E-state index in [4.69, 9.17) is 23.2 Å². The molecule has 1 aliphatic heterocycles. The highest BCUT2D eigenvalue weighted by atomic mass is 35.5. The predicted molar refractivity (Wildman–Crippen MR) is 135 cm³/mol. The summed E-state index contributed by atoms with van der Waals surface area (Å²) in [5.74, 6) is -0.357. The van der Waals surface area contributed by atoms with E-state index in [0.29, 0.717) is 41.5 Å². The first-order chi connectivity index (χ1) is 15.4. The highest BCUT2D eigenvalue weighted by molar-refractivity contribution is 7.88. The number of benzene rings is 2. The molecule has 2 aromatic rings. The van der Waals surface area contributed by atoms with Gasteiger partial charge >= 0.3 is 0 Å². The highest BCUT2D eigenvalue weighted by Gasteiger charge is 2.31. The maximum Gasteiger partial charge on any atom is 0.223 e. The number of sulfonamides is 1. The molecular formula is C25H32Cl2N2O3S. The molecule has 1 amide bonds. The fraction of sp³-hybridized carbons (Fsp3) is 0.480. The molecule has 1 fully saturated rings. The van der Waals surface area contributed by atoms with Crippen LogP contribution in [0, 0.1) is 5.92 Å². The van der Waals surface area contributed by atoms with E-state index in [0.717, 1.165) is 5.56 Å². The first-order valence-corrected chi connectivity index (χ1v) is 13.6. The van der Waals surface area contributed by atoms with Crippen molar-refractivity contribution in [1.82, 2.24) is 9.62 Å². The van der Waals surface area contributed by atoms with Crippen molar-refractivity contribution in [3.8, 4) is 0 Å². The van der Waals surface area contributed by atoms with Gasteiger partial charge in [-0.15, -0.1) is 0 Å². The number of carbonyl (C=O) groups is 1. The minimum absolute atomic E-state index is 0.0241. The van der Waals surface area contributed by atoms with Gasteiger partial charge in [-0.05, 0) is 54.0 Å². The summed E-state index contributed by atoms with van der Waals surface area (Å²) in [7, 11) is -3.50. The third-order valence-corrected chi connectivity index (χ3v) is 8.78. The average molecular weight is 512 g/mol. The molecule has 1 N–H and O–H groups in total. The molecule has 1 aliphatic rings. The quantitative estimate of drug-likeness (QED) is 0.540. The first kappa shape index (κ1) is 26.0. The molecule has 0 radical (unpaired) electrons. The molecule has 0 unspecified atom stereocenters. The number of nitrogens with zero attached hydrogens (tertiary/aromatic N) is 1. The molecule has 180 valence electrons. The van der Waals surface area contributed by atoms with E-state index in [2.05, 4.69) is 50.4 Å². The van der Waals surface area contributed by atoms with Crippen LogP contribution >= 0.6 is 23.2 Å². The molecule has 0 bridgehead atoms. The smallest absolute Gasteiger partial charge is 0.223 e. The second-order valence-corrected chi connectivity index (χ2v) is 12.6. The SMILES string of the molecule is C[C@H](NC(=O)C1CCN(S(=O)(=O)Cc2ccc(Cl)c(Cl)c2)CC1)c1ccc(C(C)(C)C)cc1. The van der Waals surface area contributed by atoms with E-state index in [1.165, 1.54) is 9.87 Å². The monoisotopic (exact) mass is 510 g/mol. The summed E-state index contributed by atoms with van der Waals surface area (Å²) in [6.07, 6.45) is 1.00. The van der Waals surface area contributed by atoms with E-state index in [-0.39, 0.29) is 29.0 Å². The van der Waals surface area contributed by atoms with Crippen molar-refractivity contribution in [1.29, 1.82) is 0 Å². The van der Waals surface area contributed by atoms with E-state index < -0.39 is 10.0 Å². The highest BCUT2D eigenvalue weighted by Crippen LogP contribution is 2.27. The zero-order chi connectivity index (χ0) is 24.4. The van der Waals surface area contributed by atoms with Gasteiger partial charge in [0.05, 0.1) is 21.8 Å². The standard InChI is InChI=1S/C25H32Cl2N2O3S/c1-17(19-6-8-21(9-7-19)25(2,3)4)28-24(30)20-11-13-29(14-12-20)33(31,32)16-18-5-10-22(26)23(27)15-18/h5-10,15,17,20H,11-14,16H2,1-4H3,(H,28,30)/t17-/m0/s1. The van der Waals surface area contributed by atoms with Gasteiger partial charge in [0.2, 0.25) is 15.9 Å². The van der Waals surface area contributed by atoms with Gasteiger partial charge in [-0.1, -0.05) is 74.3 Å². The Kier molecular flexibility index (Phi) is 8.15. The van der Waals surface area contributed by atoms with Gasteiger partial charge in [-0.3, -0.25) is 4.79 Å². The van der Waals surface area contributed by atoms with Crippen molar-refractivity contribution in [3.63, 3.8) is 0 Å². The summed E-state index contributed by atoms with van der Waals surface area (Å²) in [6, 6.07) is 13.1. The Balaban J connectivity index is 1.54. The first-order valence-electron chi connectivity index (χ1n) is 11.2. The molecule has 1 atom stereocenters. The van der Waals surface area contributed by atoms with Crippen LogP contribution in [0.1, 0.15) is 63.3 Å². The second-order valence-electron chi connectivity index (χ2n) is 9.78. The van der Waals surface area contributed by atoms with Crippen LogP contribution in [0.3, 0.4) is 0 Å². The molecule has 0 aromatic heterocycles. The van der Waals surface area contributed by atoms with Crippen LogP contribution in [0.25, 0.3) is 0 Å². The molecule has 1 saturated heterocycles.